The Morgan fingerprint density at radius 2 is 1.65 bits per heavy atom. The summed E-state index contributed by atoms with van der Waals surface area (Å²) in [6.07, 6.45) is 9.87. The van der Waals surface area contributed by atoms with Crippen LogP contribution in [0.4, 0.5) is 4.39 Å². The molecule has 0 unspecified atom stereocenters. The lowest BCUT2D eigenvalue weighted by Gasteiger charge is -2.14. The van der Waals surface area contributed by atoms with Gasteiger partial charge >= 0.3 is 0 Å². The Bertz CT molecular complexity index is 1230. The van der Waals surface area contributed by atoms with Crippen LogP contribution in [0, 0.1) is 12.7 Å². The van der Waals surface area contributed by atoms with Crippen LogP contribution in [0.1, 0.15) is 59.6 Å². The number of rotatable bonds is 9. The summed E-state index contributed by atoms with van der Waals surface area (Å²) in [5.41, 5.74) is 16.8. The fraction of sp³-hybridized carbons (Fsp3) is 0.258. The standard InChI is InChI=1S/C31H33FN2/c1-3-6-29(33)31-22(2)7-4-10-26(31)13-11-23-8-5-9-24(21-23)12-18-28-19-20-30(34-28)25-14-16-27(32)17-15-25/h4-10,14-17,19,21H,3,11-13,18,20,33H2,1-2H3/b29-6+. The Kier molecular flexibility index (Phi) is 7.74. The molecule has 0 atom stereocenters. The van der Waals surface area contributed by atoms with E-state index in [1.807, 2.05) is 0 Å². The second-order valence-electron chi connectivity index (χ2n) is 8.96. The van der Waals surface area contributed by atoms with Gasteiger partial charge in [0.25, 0.3) is 0 Å². The van der Waals surface area contributed by atoms with E-state index in [2.05, 4.69) is 68.5 Å². The average molecular weight is 453 g/mol. The van der Waals surface area contributed by atoms with Crippen molar-refractivity contribution in [3.63, 3.8) is 0 Å². The number of halogens is 1. The number of allylic oxidation sites excluding steroid dienone is 3. The first-order valence-electron chi connectivity index (χ1n) is 12.2. The molecular weight excluding hydrogens is 419 g/mol. The molecule has 4 rings (SSSR count). The molecule has 34 heavy (non-hydrogen) atoms. The molecule has 1 aliphatic heterocycles. The minimum Gasteiger partial charge on any atom is -0.398 e. The first-order valence-corrected chi connectivity index (χ1v) is 12.2. The third kappa shape index (κ3) is 5.91. The van der Waals surface area contributed by atoms with Gasteiger partial charge in [-0.15, -0.1) is 0 Å². The Hall–Kier alpha value is -3.46. The van der Waals surface area contributed by atoms with Crippen LogP contribution in [-0.2, 0) is 19.3 Å². The number of benzene rings is 3. The molecule has 2 N–H and O–H groups in total. The van der Waals surface area contributed by atoms with Crippen LogP contribution in [-0.4, -0.2) is 5.71 Å². The first-order chi connectivity index (χ1) is 16.5. The zero-order chi connectivity index (χ0) is 23.9. The van der Waals surface area contributed by atoms with Crippen molar-refractivity contribution < 1.29 is 4.39 Å². The normalized spacial score (nSPS) is 13.7. The second kappa shape index (κ2) is 11.1. The molecule has 0 fully saturated rings. The zero-order valence-corrected chi connectivity index (χ0v) is 20.2. The van der Waals surface area contributed by atoms with E-state index in [1.165, 1.54) is 39.9 Å². The van der Waals surface area contributed by atoms with Crippen LogP contribution in [0.2, 0.25) is 0 Å². The number of hydrogen-bond acceptors (Lipinski definition) is 2. The van der Waals surface area contributed by atoms with Gasteiger partial charge in [0.2, 0.25) is 0 Å². The van der Waals surface area contributed by atoms with E-state index in [-0.39, 0.29) is 5.82 Å². The maximum atomic E-state index is 13.2. The minimum absolute atomic E-state index is 0.213. The molecular formula is C31H33FN2. The van der Waals surface area contributed by atoms with Crippen LogP contribution in [0.5, 0.6) is 0 Å². The molecule has 0 spiro atoms. The number of aryl methyl sites for hydroxylation is 4. The van der Waals surface area contributed by atoms with Crippen molar-refractivity contribution in [3.05, 3.63) is 124 Å². The number of hydrogen-bond donors (Lipinski definition) is 1. The molecule has 0 bridgehead atoms. The van der Waals surface area contributed by atoms with Gasteiger partial charge in [0.05, 0.1) is 5.71 Å². The molecule has 3 aromatic carbocycles. The van der Waals surface area contributed by atoms with Gasteiger partial charge < -0.3 is 5.73 Å². The van der Waals surface area contributed by atoms with Crippen LogP contribution in [0.3, 0.4) is 0 Å². The highest BCUT2D eigenvalue weighted by Gasteiger charge is 2.12. The maximum absolute atomic E-state index is 13.2. The van der Waals surface area contributed by atoms with Gasteiger partial charge in [-0.1, -0.05) is 73.7 Å². The fourth-order valence-corrected chi connectivity index (χ4v) is 4.63. The summed E-state index contributed by atoms with van der Waals surface area (Å²) in [6.45, 7) is 4.25. The van der Waals surface area contributed by atoms with Gasteiger partial charge in [-0.3, -0.25) is 4.99 Å². The van der Waals surface area contributed by atoms with Gasteiger partial charge in [0.1, 0.15) is 5.82 Å². The first kappa shape index (κ1) is 23.7. The zero-order valence-electron chi connectivity index (χ0n) is 20.2. The lowest BCUT2D eigenvalue weighted by atomic mass is 9.93. The Balaban J connectivity index is 1.38. The van der Waals surface area contributed by atoms with Gasteiger partial charge in [0, 0.05) is 23.4 Å². The van der Waals surface area contributed by atoms with Gasteiger partial charge in [-0.05, 0) is 79.0 Å². The highest BCUT2D eigenvalue weighted by molar-refractivity contribution is 6.03. The largest absolute Gasteiger partial charge is 0.398 e. The molecule has 0 saturated heterocycles. The number of aliphatic imine (C=N–C) groups is 1. The molecule has 174 valence electrons. The Labute approximate surface area is 202 Å². The summed E-state index contributed by atoms with van der Waals surface area (Å²) in [6, 6.07) is 21.9. The van der Waals surface area contributed by atoms with E-state index in [9.17, 15) is 4.39 Å². The summed E-state index contributed by atoms with van der Waals surface area (Å²) in [5, 5.41) is 0. The molecule has 3 aromatic rings. The SMILES string of the molecule is CC/C=C(/N)c1c(C)cccc1CCc1cccc(CCC2=CCC(c3ccc(F)cc3)=N2)c1. The molecule has 3 heteroatoms. The Morgan fingerprint density at radius 1 is 0.941 bits per heavy atom. The lowest BCUT2D eigenvalue weighted by Crippen LogP contribution is -2.05. The second-order valence-corrected chi connectivity index (χ2v) is 8.96. The van der Waals surface area contributed by atoms with Crippen molar-refractivity contribution >= 4 is 11.4 Å². The highest BCUT2D eigenvalue weighted by atomic mass is 19.1. The topological polar surface area (TPSA) is 38.4 Å². The van der Waals surface area contributed by atoms with Crippen molar-refractivity contribution in [3.8, 4) is 0 Å². The summed E-state index contributed by atoms with van der Waals surface area (Å²) >= 11 is 0. The van der Waals surface area contributed by atoms with Crippen LogP contribution in [0.25, 0.3) is 5.70 Å². The van der Waals surface area contributed by atoms with Crippen LogP contribution >= 0.6 is 0 Å². The summed E-state index contributed by atoms with van der Waals surface area (Å²) in [5.74, 6) is -0.213. The number of nitrogens with two attached hydrogens (primary N) is 1. The van der Waals surface area contributed by atoms with E-state index >= 15 is 0 Å². The van der Waals surface area contributed by atoms with Crippen molar-refractivity contribution in [2.45, 2.75) is 52.4 Å². The fourth-order valence-electron chi connectivity index (χ4n) is 4.63. The van der Waals surface area contributed by atoms with Gasteiger partial charge in [-0.2, -0.15) is 0 Å². The Morgan fingerprint density at radius 3 is 2.38 bits per heavy atom. The highest BCUT2D eigenvalue weighted by Crippen LogP contribution is 2.24. The molecule has 2 nitrogen and oxygen atoms in total. The van der Waals surface area contributed by atoms with E-state index < -0.39 is 0 Å². The third-order valence-corrected chi connectivity index (χ3v) is 6.40. The molecule has 1 aliphatic rings. The lowest BCUT2D eigenvalue weighted by molar-refractivity contribution is 0.628. The smallest absolute Gasteiger partial charge is 0.123 e. The predicted molar refractivity (Wildman–Crippen MR) is 141 cm³/mol. The van der Waals surface area contributed by atoms with Crippen LogP contribution < -0.4 is 5.73 Å². The van der Waals surface area contributed by atoms with Gasteiger partial charge in [0.15, 0.2) is 0 Å². The molecule has 0 aromatic heterocycles. The summed E-state index contributed by atoms with van der Waals surface area (Å²) < 4.78 is 13.2. The third-order valence-electron chi connectivity index (χ3n) is 6.40. The molecule has 0 amide bonds. The van der Waals surface area contributed by atoms with E-state index in [0.717, 1.165) is 61.2 Å². The quantitative estimate of drug-likeness (QED) is 0.362. The summed E-state index contributed by atoms with van der Waals surface area (Å²) in [4.78, 5) is 4.79. The van der Waals surface area contributed by atoms with E-state index in [1.54, 1.807) is 12.1 Å². The molecule has 0 aliphatic carbocycles. The number of nitrogens with zero attached hydrogens (tertiary/aromatic N) is 1. The van der Waals surface area contributed by atoms with Crippen molar-refractivity contribution in [1.29, 1.82) is 0 Å². The predicted octanol–water partition coefficient (Wildman–Crippen LogP) is 7.34. The van der Waals surface area contributed by atoms with E-state index in [0.29, 0.717) is 0 Å². The minimum atomic E-state index is -0.213. The van der Waals surface area contributed by atoms with Crippen molar-refractivity contribution in [2.24, 2.45) is 10.7 Å². The van der Waals surface area contributed by atoms with Crippen molar-refractivity contribution in [1.82, 2.24) is 0 Å². The van der Waals surface area contributed by atoms with Crippen molar-refractivity contribution in [2.75, 3.05) is 0 Å². The average Bonchev–Trinajstić information content (AvgIpc) is 3.31. The summed E-state index contributed by atoms with van der Waals surface area (Å²) in [7, 11) is 0. The van der Waals surface area contributed by atoms with Gasteiger partial charge in [-0.25, -0.2) is 4.39 Å². The molecule has 0 saturated carbocycles. The monoisotopic (exact) mass is 452 g/mol. The maximum Gasteiger partial charge on any atom is 0.123 e. The molecule has 1 heterocycles. The van der Waals surface area contributed by atoms with E-state index in [4.69, 9.17) is 10.7 Å². The molecule has 0 radical (unpaired) electrons. The van der Waals surface area contributed by atoms with Crippen LogP contribution in [0.15, 0.2) is 89.6 Å².